The van der Waals surface area contributed by atoms with Crippen molar-refractivity contribution >= 4 is 29.7 Å². The lowest BCUT2D eigenvalue weighted by Gasteiger charge is -2.35. The molecule has 7 nitrogen and oxygen atoms in total. The summed E-state index contributed by atoms with van der Waals surface area (Å²) < 4.78 is 5.52. The topological polar surface area (TPSA) is 95.9 Å². The second-order valence-electron chi connectivity index (χ2n) is 8.94. The maximum absolute atomic E-state index is 13.1. The van der Waals surface area contributed by atoms with Crippen LogP contribution in [0.15, 0.2) is 48.5 Å². The zero-order valence-corrected chi connectivity index (χ0v) is 20.2. The number of ether oxygens (including phenoxy) is 1. The lowest BCUT2D eigenvalue weighted by atomic mass is 9.98. The third kappa shape index (κ3) is 5.22. The Morgan fingerprint density at radius 3 is 2.26 bits per heavy atom. The number of nitrogens with one attached hydrogen (secondary N) is 1. The summed E-state index contributed by atoms with van der Waals surface area (Å²) in [6.45, 7) is 2.26. The van der Waals surface area contributed by atoms with Gasteiger partial charge in [-0.05, 0) is 35.1 Å². The van der Waals surface area contributed by atoms with Crippen molar-refractivity contribution in [1.82, 2.24) is 10.2 Å². The Kier molecular flexibility index (Phi) is 7.46. The van der Waals surface area contributed by atoms with Crippen LogP contribution in [0.2, 0.25) is 0 Å². The maximum atomic E-state index is 13.1. The molecule has 1 aliphatic heterocycles. The van der Waals surface area contributed by atoms with Crippen molar-refractivity contribution in [2.45, 2.75) is 49.4 Å². The first-order valence-corrected chi connectivity index (χ1v) is 12.6. The number of rotatable bonds is 7. The number of carbonyl (C=O) groups excluding carboxylic acids is 2. The van der Waals surface area contributed by atoms with E-state index in [2.05, 4.69) is 24.4 Å². The monoisotopic (exact) mass is 482 g/mol. The first kappa shape index (κ1) is 24.1. The minimum atomic E-state index is -1.18. The van der Waals surface area contributed by atoms with Gasteiger partial charge in [0.15, 0.2) is 0 Å². The van der Waals surface area contributed by atoms with Crippen molar-refractivity contribution in [3.63, 3.8) is 0 Å². The normalized spacial score (nSPS) is 20.1. The SMILES string of the molecule is CC1CCC(N(C)C(=O)C(CC(=O)O)NC(=O)OCC2c3ccccc3-c3ccccc32)CS1. The minimum Gasteiger partial charge on any atom is -0.481 e. The number of aliphatic carboxylic acids is 1. The fraction of sp³-hybridized carbons (Fsp3) is 0.423. The van der Waals surface area contributed by atoms with E-state index >= 15 is 0 Å². The van der Waals surface area contributed by atoms with Gasteiger partial charge in [-0.3, -0.25) is 9.59 Å². The van der Waals surface area contributed by atoms with E-state index in [0.29, 0.717) is 5.25 Å². The number of carbonyl (C=O) groups is 3. The van der Waals surface area contributed by atoms with Crippen LogP contribution >= 0.6 is 11.8 Å². The first-order valence-electron chi connectivity index (χ1n) is 11.6. The van der Waals surface area contributed by atoms with Gasteiger partial charge < -0.3 is 20.1 Å². The molecule has 1 saturated heterocycles. The molecule has 1 aliphatic carbocycles. The summed E-state index contributed by atoms with van der Waals surface area (Å²) in [6, 6.07) is 14.9. The minimum absolute atomic E-state index is 0.0225. The highest BCUT2D eigenvalue weighted by molar-refractivity contribution is 7.99. The van der Waals surface area contributed by atoms with Crippen LogP contribution in [-0.2, 0) is 14.3 Å². The lowest BCUT2D eigenvalue weighted by Crippen LogP contribution is -2.52. The number of hydrogen-bond acceptors (Lipinski definition) is 5. The van der Waals surface area contributed by atoms with E-state index in [4.69, 9.17) is 4.74 Å². The van der Waals surface area contributed by atoms with Crippen molar-refractivity contribution in [3.05, 3.63) is 59.7 Å². The average molecular weight is 483 g/mol. The first-order chi connectivity index (χ1) is 16.3. The summed E-state index contributed by atoms with van der Waals surface area (Å²) in [5, 5.41) is 12.4. The van der Waals surface area contributed by atoms with Crippen molar-refractivity contribution in [3.8, 4) is 11.1 Å². The Balaban J connectivity index is 1.41. The summed E-state index contributed by atoms with van der Waals surface area (Å²) in [4.78, 5) is 38.7. The molecule has 0 aromatic heterocycles. The molecule has 2 aromatic carbocycles. The van der Waals surface area contributed by atoms with Crippen LogP contribution in [0.4, 0.5) is 4.79 Å². The van der Waals surface area contributed by atoms with E-state index in [0.717, 1.165) is 40.8 Å². The standard InChI is InChI=1S/C26H30N2O5S/c1-16-11-12-17(15-34-16)28(2)25(31)23(13-24(29)30)27-26(32)33-14-22-20-9-5-3-7-18(20)19-8-4-6-10-21(19)22/h3-10,16-17,22-23H,11-15H2,1-2H3,(H,27,32)(H,29,30). The van der Waals surface area contributed by atoms with Gasteiger partial charge in [0.25, 0.3) is 0 Å². The predicted octanol–water partition coefficient (Wildman–Crippen LogP) is 4.11. The van der Waals surface area contributed by atoms with Crippen molar-refractivity contribution < 1.29 is 24.2 Å². The van der Waals surface area contributed by atoms with Crippen molar-refractivity contribution in [2.24, 2.45) is 0 Å². The quantitative estimate of drug-likeness (QED) is 0.617. The Morgan fingerprint density at radius 1 is 1.09 bits per heavy atom. The van der Waals surface area contributed by atoms with E-state index in [-0.39, 0.29) is 18.6 Å². The molecule has 3 unspecified atom stereocenters. The van der Waals surface area contributed by atoms with Gasteiger partial charge in [0, 0.05) is 30.0 Å². The van der Waals surface area contributed by atoms with Crippen LogP contribution in [-0.4, -0.2) is 64.7 Å². The average Bonchev–Trinajstić information content (AvgIpc) is 3.15. The van der Waals surface area contributed by atoms with Crippen LogP contribution in [0.25, 0.3) is 11.1 Å². The molecule has 1 fully saturated rings. The number of thioether (sulfide) groups is 1. The molecular formula is C26H30N2O5S. The van der Waals surface area contributed by atoms with Gasteiger partial charge in [-0.15, -0.1) is 0 Å². The van der Waals surface area contributed by atoms with Gasteiger partial charge >= 0.3 is 12.1 Å². The number of carboxylic acid groups (broad SMARTS) is 1. The molecular weight excluding hydrogens is 452 g/mol. The summed E-state index contributed by atoms with van der Waals surface area (Å²) >= 11 is 1.80. The summed E-state index contributed by atoms with van der Waals surface area (Å²) in [5.74, 6) is -0.877. The molecule has 2 aromatic rings. The number of hydrogen-bond donors (Lipinski definition) is 2. The van der Waals surface area contributed by atoms with Gasteiger partial charge in [-0.25, -0.2) is 4.79 Å². The number of fused-ring (bicyclic) bond motifs is 3. The summed E-state index contributed by atoms with van der Waals surface area (Å²) in [6.07, 6.45) is 0.572. The molecule has 0 bridgehead atoms. The number of amides is 2. The third-order valence-electron chi connectivity index (χ3n) is 6.69. The second-order valence-corrected chi connectivity index (χ2v) is 10.4. The molecule has 2 aliphatic rings. The number of nitrogens with zero attached hydrogens (tertiary/aromatic N) is 1. The van der Waals surface area contributed by atoms with E-state index in [1.807, 2.05) is 36.4 Å². The van der Waals surface area contributed by atoms with Crippen LogP contribution in [0.5, 0.6) is 0 Å². The molecule has 8 heteroatoms. The zero-order valence-electron chi connectivity index (χ0n) is 19.4. The highest BCUT2D eigenvalue weighted by atomic mass is 32.2. The van der Waals surface area contributed by atoms with Crippen molar-refractivity contribution in [2.75, 3.05) is 19.4 Å². The fourth-order valence-electron chi connectivity index (χ4n) is 4.76. The van der Waals surface area contributed by atoms with Crippen LogP contribution in [0.3, 0.4) is 0 Å². The van der Waals surface area contributed by atoms with Crippen LogP contribution < -0.4 is 5.32 Å². The Hall–Kier alpha value is -3.00. The number of alkyl carbamates (subject to hydrolysis) is 1. The number of carboxylic acids is 1. The Bertz CT molecular complexity index is 1020. The molecule has 34 heavy (non-hydrogen) atoms. The molecule has 0 saturated carbocycles. The third-order valence-corrected chi connectivity index (χ3v) is 8.07. The molecule has 4 rings (SSSR count). The van der Waals surface area contributed by atoms with Gasteiger partial charge in [-0.1, -0.05) is 55.5 Å². The van der Waals surface area contributed by atoms with Gasteiger partial charge in [0.05, 0.1) is 6.42 Å². The maximum Gasteiger partial charge on any atom is 0.407 e. The van der Waals surface area contributed by atoms with Gasteiger partial charge in [0.2, 0.25) is 5.91 Å². The molecule has 1 heterocycles. The Morgan fingerprint density at radius 2 is 1.71 bits per heavy atom. The smallest absolute Gasteiger partial charge is 0.407 e. The second kappa shape index (κ2) is 10.5. The van der Waals surface area contributed by atoms with Gasteiger partial charge in [-0.2, -0.15) is 11.8 Å². The summed E-state index contributed by atoms with van der Waals surface area (Å²) in [5.41, 5.74) is 4.40. The van der Waals surface area contributed by atoms with Crippen LogP contribution in [0.1, 0.15) is 43.2 Å². The zero-order chi connectivity index (χ0) is 24.2. The van der Waals surface area contributed by atoms with Gasteiger partial charge in [0.1, 0.15) is 12.6 Å². The number of benzene rings is 2. The van der Waals surface area contributed by atoms with E-state index in [1.54, 1.807) is 23.7 Å². The van der Waals surface area contributed by atoms with Crippen molar-refractivity contribution in [1.29, 1.82) is 0 Å². The summed E-state index contributed by atoms with van der Waals surface area (Å²) in [7, 11) is 1.68. The fourth-order valence-corrected chi connectivity index (χ4v) is 6.00. The van der Waals surface area contributed by atoms with E-state index in [1.165, 1.54) is 0 Å². The number of likely N-dealkylation sites (N-methyl/N-ethyl adjacent to an activating group) is 1. The van der Waals surface area contributed by atoms with Crippen LogP contribution in [0, 0.1) is 0 Å². The molecule has 2 N–H and O–H groups in total. The van der Waals surface area contributed by atoms with E-state index < -0.39 is 30.4 Å². The highest BCUT2D eigenvalue weighted by Crippen LogP contribution is 2.44. The Labute approximate surface area is 203 Å². The van der Waals surface area contributed by atoms with E-state index in [9.17, 15) is 19.5 Å². The molecule has 180 valence electrons. The molecule has 2 amide bonds. The largest absolute Gasteiger partial charge is 0.481 e. The molecule has 3 atom stereocenters. The molecule has 0 spiro atoms. The lowest BCUT2D eigenvalue weighted by molar-refractivity contribution is -0.142. The predicted molar refractivity (Wildman–Crippen MR) is 132 cm³/mol. The molecule has 0 radical (unpaired) electrons. The highest BCUT2D eigenvalue weighted by Gasteiger charge is 2.33.